The molecule has 0 saturated heterocycles. The largest absolute Gasteiger partial charge is 0.460 e. The number of ether oxygens (including phenoxy) is 1. The van der Waals surface area contributed by atoms with Crippen molar-refractivity contribution >= 4 is 5.97 Å². The molecule has 0 amide bonds. The van der Waals surface area contributed by atoms with E-state index in [-0.39, 0.29) is 18.6 Å². The molecular weight excluding hydrogens is 250 g/mol. The Bertz CT molecular complexity index is 299. The number of halogens is 2. The summed E-state index contributed by atoms with van der Waals surface area (Å²) < 4.78 is 30.8. The van der Waals surface area contributed by atoms with Crippen molar-refractivity contribution in [2.75, 3.05) is 13.3 Å². The third-order valence-electron chi connectivity index (χ3n) is 3.82. The van der Waals surface area contributed by atoms with Crippen LogP contribution in [0.25, 0.3) is 0 Å². The second-order valence-corrected chi connectivity index (χ2v) is 6.75. The van der Waals surface area contributed by atoms with Gasteiger partial charge in [-0.1, -0.05) is 6.42 Å². The summed E-state index contributed by atoms with van der Waals surface area (Å²) >= 11 is 0. The van der Waals surface area contributed by atoms with Gasteiger partial charge in [0.1, 0.15) is 5.60 Å². The molecule has 0 heterocycles. The molecule has 1 aliphatic carbocycles. The van der Waals surface area contributed by atoms with Crippen LogP contribution in [0.1, 0.15) is 59.3 Å². The predicted octanol–water partition coefficient (Wildman–Crippen LogP) is 4.22. The van der Waals surface area contributed by atoms with Crippen molar-refractivity contribution in [1.82, 2.24) is 0 Å². The fourth-order valence-corrected chi connectivity index (χ4v) is 2.80. The predicted molar refractivity (Wildman–Crippen MR) is 71.4 cm³/mol. The Kier molecular flexibility index (Phi) is 5.75. The highest BCUT2D eigenvalue weighted by molar-refractivity contribution is 5.73. The first-order chi connectivity index (χ1) is 8.82. The van der Waals surface area contributed by atoms with Gasteiger partial charge in [-0.15, -0.1) is 0 Å². The van der Waals surface area contributed by atoms with Crippen LogP contribution in [0.4, 0.5) is 8.78 Å². The van der Waals surface area contributed by atoms with E-state index in [9.17, 15) is 13.6 Å². The van der Waals surface area contributed by atoms with Gasteiger partial charge in [0.25, 0.3) is 0 Å². The molecule has 0 bridgehead atoms. The summed E-state index contributed by atoms with van der Waals surface area (Å²) in [6.45, 7) is 4.74. The molecule has 2 nitrogen and oxygen atoms in total. The third-order valence-corrected chi connectivity index (χ3v) is 3.82. The van der Waals surface area contributed by atoms with Crippen LogP contribution in [0.15, 0.2) is 0 Å². The lowest BCUT2D eigenvalue weighted by Crippen LogP contribution is -2.29. The van der Waals surface area contributed by atoms with Crippen molar-refractivity contribution in [3.8, 4) is 0 Å². The molecule has 1 fully saturated rings. The maximum Gasteiger partial charge on any atom is 0.309 e. The van der Waals surface area contributed by atoms with Crippen LogP contribution in [-0.2, 0) is 9.53 Å². The highest BCUT2D eigenvalue weighted by Gasteiger charge is 2.42. The van der Waals surface area contributed by atoms with Crippen molar-refractivity contribution in [3.63, 3.8) is 0 Å². The van der Waals surface area contributed by atoms with Gasteiger partial charge in [-0.05, 0) is 58.3 Å². The molecule has 0 spiro atoms. The van der Waals surface area contributed by atoms with Crippen molar-refractivity contribution < 1.29 is 18.3 Å². The van der Waals surface area contributed by atoms with Crippen molar-refractivity contribution in [2.24, 2.45) is 11.3 Å². The zero-order valence-corrected chi connectivity index (χ0v) is 12.3. The molecule has 4 heteroatoms. The molecule has 2 atom stereocenters. The summed E-state index contributed by atoms with van der Waals surface area (Å²) in [6.07, 6.45) is 3.80. The number of carbonyl (C=O) groups is 1. The minimum absolute atomic E-state index is 0.194. The lowest BCUT2D eigenvalue weighted by Gasteiger charge is -2.26. The molecule has 0 radical (unpaired) electrons. The number of unbranched alkanes of at least 4 members (excludes halogenated alkanes) is 1. The molecule has 1 saturated carbocycles. The normalized spacial score (nSPS) is 27.5. The highest BCUT2D eigenvalue weighted by Crippen LogP contribution is 2.46. The number of rotatable bonds is 6. The van der Waals surface area contributed by atoms with Gasteiger partial charge in [-0.2, -0.15) is 0 Å². The van der Waals surface area contributed by atoms with Crippen LogP contribution in [0, 0.1) is 11.3 Å². The summed E-state index contributed by atoms with van der Waals surface area (Å²) in [4.78, 5) is 12.0. The highest BCUT2D eigenvalue weighted by atomic mass is 19.1. The first-order valence-corrected chi connectivity index (χ1v) is 7.17. The minimum atomic E-state index is -0.494. The summed E-state index contributed by atoms with van der Waals surface area (Å²) in [5.74, 6) is -0.409. The summed E-state index contributed by atoms with van der Waals surface area (Å²) in [7, 11) is 0. The fraction of sp³-hybridized carbons (Fsp3) is 0.933. The molecule has 0 aliphatic heterocycles. The minimum Gasteiger partial charge on any atom is -0.460 e. The van der Waals surface area contributed by atoms with Gasteiger partial charge in [-0.25, -0.2) is 0 Å². The summed E-state index contributed by atoms with van der Waals surface area (Å²) in [5, 5.41) is 0. The van der Waals surface area contributed by atoms with E-state index in [4.69, 9.17) is 4.74 Å². The number of hydrogen-bond acceptors (Lipinski definition) is 2. The smallest absolute Gasteiger partial charge is 0.309 e. The number of alkyl halides is 2. The van der Waals surface area contributed by atoms with Crippen molar-refractivity contribution in [1.29, 1.82) is 0 Å². The van der Waals surface area contributed by atoms with Crippen LogP contribution in [0.2, 0.25) is 0 Å². The molecule has 0 aromatic heterocycles. The maximum absolute atomic E-state index is 13.3. The Hall–Kier alpha value is -0.670. The van der Waals surface area contributed by atoms with Gasteiger partial charge >= 0.3 is 5.97 Å². The Morgan fingerprint density at radius 2 is 2.00 bits per heavy atom. The Balaban J connectivity index is 2.52. The first kappa shape index (κ1) is 16.4. The van der Waals surface area contributed by atoms with Crippen LogP contribution >= 0.6 is 0 Å². The van der Waals surface area contributed by atoms with Gasteiger partial charge in [0.05, 0.1) is 19.3 Å². The van der Waals surface area contributed by atoms with Crippen LogP contribution in [-0.4, -0.2) is 24.9 Å². The molecule has 1 aliphatic rings. The number of carbonyl (C=O) groups excluding carboxylic acids is 1. The number of esters is 1. The average molecular weight is 276 g/mol. The standard InChI is InChI=1S/C15H26F2O2/c1-14(2,3)19-13(18)12-6-8-15(10-12,11-17)7-4-5-9-16/h12H,4-11H2,1-3H3. The van der Waals surface area contributed by atoms with Gasteiger partial charge in [0.15, 0.2) is 0 Å². The zero-order valence-electron chi connectivity index (χ0n) is 12.3. The summed E-state index contributed by atoms with van der Waals surface area (Å²) in [5.41, 5.74) is -0.914. The van der Waals surface area contributed by atoms with Crippen molar-refractivity contribution in [2.45, 2.75) is 64.9 Å². The van der Waals surface area contributed by atoms with Crippen LogP contribution in [0.5, 0.6) is 0 Å². The lowest BCUT2D eigenvalue weighted by atomic mass is 9.81. The Morgan fingerprint density at radius 3 is 2.53 bits per heavy atom. The average Bonchev–Trinajstić information content (AvgIpc) is 2.73. The van der Waals surface area contributed by atoms with E-state index in [1.807, 2.05) is 20.8 Å². The van der Waals surface area contributed by atoms with E-state index in [0.29, 0.717) is 38.5 Å². The van der Waals surface area contributed by atoms with Crippen molar-refractivity contribution in [3.05, 3.63) is 0 Å². The molecule has 1 rings (SSSR count). The molecule has 112 valence electrons. The number of hydrogen-bond donors (Lipinski definition) is 0. The molecule has 0 aromatic carbocycles. The van der Waals surface area contributed by atoms with Gasteiger partial charge < -0.3 is 4.74 Å². The quantitative estimate of drug-likeness (QED) is 0.536. The third kappa shape index (κ3) is 5.07. The second-order valence-electron chi connectivity index (χ2n) is 6.75. The lowest BCUT2D eigenvalue weighted by molar-refractivity contribution is -0.160. The Morgan fingerprint density at radius 1 is 1.32 bits per heavy atom. The second kappa shape index (κ2) is 6.67. The molecular formula is C15H26F2O2. The van der Waals surface area contributed by atoms with E-state index in [1.54, 1.807) is 0 Å². The van der Waals surface area contributed by atoms with E-state index in [1.165, 1.54) is 0 Å². The van der Waals surface area contributed by atoms with E-state index >= 15 is 0 Å². The molecule has 2 unspecified atom stereocenters. The monoisotopic (exact) mass is 276 g/mol. The zero-order chi connectivity index (χ0) is 14.5. The molecule has 0 N–H and O–H groups in total. The van der Waals surface area contributed by atoms with E-state index < -0.39 is 17.7 Å². The molecule has 0 aromatic rings. The van der Waals surface area contributed by atoms with Crippen LogP contribution in [0.3, 0.4) is 0 Å². The SMILES string of the molecule is CC(C)(C)OC(=O)C1CCC(CF)(CCCCF)C1. The van der Waals surface area contributed by atoms with E-state index in [2.05, 4.69) is 0 Å². The first-order valence-electron chi connectivity index (χ1n) is 7.17. The maximum atomic E-state index is 13.3. The summed E-state index contributed by atoms with van der Waals surface area (Å²) in [6, 6.07) is 0. The van der Waals surface area contributed by atoms with Gasteiger partial charge in [0.2, 0.25) is 0 Å². The molecule has 19 heavy (non-hydrogen) atoms. The Labute approximate surface area is 114 Å². The fourth-order valence-electron chi connectivity index (χ4n) is 2.80. The van der Waals surface area contributed by atoms with E-state index in [0.717, 1.165) is 0 Å². The van der Waals surface area contributed by atoms with Gasteiger partial charge in [-0.3, -0.25) is 13.6 Å². The van der Waals surface area contributed by atoms with Gasteiger partial charge in [0, 0.05) is 0 Å². The van der Waals surface area contributed by atoms with Crippen LogP contribution < -0.4 is 0 Å². The topological polar surface area (TPSA) is 26.3 Å².